The van der Waals surface area contributed by atoms with Crippen molar-refractivity contribution in [3.05, 3.63) is 27.8 Å². The Morgan fingerprint density at radius 1 is 1.45 bits per heavy atom. The highest BCUT2D eigenvalue weighted by atomic mass is 16.6. The molecule has 1 aromatic carbocycles. The number of carbonyl (C=O) groups excluding carboxylic acids is 1. The minimum absolute atomic E-state index is 0.0244. The van der Waals surface area contributed by atoms with Gasteiger partial charge in [-0.15, -0.1) is 0 Å². The van der Waals surface area contributed by atoms with E-state index in [0.717, 1.165) is 5.56 Å². The lowest BCUT2D eigenvalue weighted by Gasteiger charge is -2.18. The Balaban J connectivity index is 2.21. The van der Waals surface area contributed by atoms with Gasteiger partial charge in [-0.05, 0) is 25.0 Å². The number of nitrogens with zero attached hydrogens (tertiary/aromatic N) is 1. The Hall–Kier alpha value is -2.15. The molecular formula is C13H17N3O4. The number of anilines is 2. The molecule has 0 radical (unpaired) electrons. The van der Waals surface area contributed by atoms with E-state index >= 15 is 0 Å². The zero-order valence-electron chi connectivity index (χ0n) is 11.3. The standard InChI is InChI=1S/C13H17N3O4/c1-2-20-6-5-14-11-8-10-9(3-4-13(17)15-10)7-12(11)16(18)19/h7-8,14H,2-6H2,1H3,(H,15,17). The van der Waals surface area contributed by atoms with Gasteiger partial charge in [0.15, 0.2) is 0 Å². The lowest BCUT2D eigenvalue weighted by Crippen LogP contribution is -2.20. The third kappa shape index (κ3) is 3.24. The molecule has 0 bridgehead atoms. The summed E-state index contributed by atoms with van der Waals surface area (Å²) >= 11 is 0. The van der Waals surface area contributed by atoms with E-state index in [1.165, 1.54) is 6.07 Å². The van der Waals surface area contributed by atoms with E-state index in [4.69, 9.17) is 4.74 Å². The van der Waals surface area contributed by atoms with E-state index in [9.17, 15) is 14.9 Å². The summed E-state index contributed by atoms with van der Waals surface area (Å²) in [4.78, 5) is 22.1. The molecule has 0 aromatic heterocycles. The van der Waals surface area contributed by atoms with Gasteiger partial charge in [-0.3, -0.25) is 14.9 Å². The molecule has 0 saturated heterocycles. The Bertz CT molecular complexity index is 531. The van der Waals surface area contributed by atoms with E-state index in [0.29, 0.717) is 44.0 Å². The van der Waals surface area contributed by atoms with Gasteiger partial charge in [-0.2, -0.15) is 0 Å². The third-order valence-electron chi connectivity index (χ3n) is 3.08. The summed E-state index contributed by atoms with van der Waals surface area (Å²) in [7, 11) is 0. The van der Waals surface area contributed by atoms with Crippen LogP contribution in [-0.2, 0) is 16.0 Å². The number of hydrogen-bond donors (Lipinski definition) is 2. The molecule has 0 spiro atoms. The monoisotopic (exact) mass is 279 g/mol. The predicted octanol–water partition coefficient (Wildman–Crippen LogP) is 1.93. The zero-order valence-corrected chi connectivity index (χ0v) is 11.3. The summed E-state index contributed by atoms with van der Waals surface area (Å²) in [6, 6.07) is 3.15. The van der Waals surface area contributed by atoms with Gasteiger partial charge >= 0.3 is 0 Å². The number of nitro groups is 1. The first-order chi connectivity index (χ1) is 9.61. The quantitative estimate of drug-likeness (QED) is 0.471. The molecule has 0 fully saturated rings. The number of hydrogen-bond acceptors (Lipinski definition) is 5. The molecular weight excluding hydrogens is 262 g/mol. The normalized spacial score (nSPS) is 13.6. The topological polar surface area (TPSA) is 93.5 Å². The molecule has 2 rings (SSSR count). The molecule has 1 heterocycles. The minimum Gasteiger partial charge on any atom is -0.380 e. The van der Waals surface area contributed by atoms with Gasteiger partial charge in [-0.1, -0.05) is 0 Å². The maximum absolute atomic E-state index is 11.4. The molecule has 1 aliphatic heterocycles. The van der Waals surface area contributed by atoms with Crippen LogP contribution in [0.4, 0.5) is 17.1 Å². The number of nitro benzene ring substituents is 1. The van der Waals surface area contributed by atoms with E-state index in [2.05, 4.69) is 10.6 Å². The van der Waals surface area contributed by atoms with Gasteiger partial charge in [0.05, 0.1) is 11.5 Å². The first-order valence-electron chi connectivity index (χ1n) is 6.54. The van der Waals surface area contributed by atoms with E-state index in [1.54, 1.807) is 6.07 Å². The van der Waals surface area contributed by atoms with Crippen molar-refractivity contribution in [2.75, 3.05) is 30.4 Å². The second-order valence-corrected chi connectivity index (χ2v) is 4.46. The summed E-state index contributed by atoms with van der Waals surface area (Å²) in [5, 5.41) is 16.8. The van der Waals surface area contributed by atoms with Crippen LogP contribution in [0.25, 0.3) is 0 Å². The molecule has 108 valence electrons. The van der Waals surface area contributed by atoms with Gasteiger partial charge < -0.3 is 15.4 Å². The maximum atomic E-state index is 11.4. The first kappa shape index (κ1) is 14.3. The zero-order chi connectivity index (χ0) is 14.5. The summed E-state index contributed by atoms with van der Waals surface area (Å²) in [6.45, 7) is 3.43. The van der Waals surface area contributed by atoms with Crippen LogP contribution >= 0.6 is 0 Å². The van der Waals surface area contributed by atoms with Crippen LogP contribution in [0.5, 0.6) is 0 Å². The van der Waals surface area contributed by atoms with E-state index in [-0.39, 0.29) is 11.6 Å². The summed E-state index contributed by atoms with van der Waals surface area (Å²) < 4.78 is 5.18. The van der Waals surface area contributed by atoms with Crippen LogP contribution < -0.4 is 10.6 Å². The molecule has 20 heavy (non-hydrogen) atoms. The molecule has 1 amide bonds. The Kier molecular flexibility index (Phi) is 4.52. The van der Waals surface area contributed by atoms with Gasteiger partial charge in [0.25, 0.3) is 5.69 Å². The largest absolute Gasteiger partial charge is 0.380 e. The molecule has 2 N–H and O–H groups in total. The fourth-order valence-electron chi connectivity index (χ4n) is 2.11. The molecule has 0 aliphatic carbocycles. The number of nitrogens with one attached hydrogen (secondary N) is 2. The van der Waals surface area contributed by atoms with Crippen LogP contribution in [0.15, 0.2) is 12.1 Å². The highest BCUT2D eigenvalue weighted by Gasteiger charge is 2.22. The Morgan fingerprint density at radius 2 is 2.25 bits per heavy atom. The van der Waals surface area contributed by atoms with E-state index < -0.39 is 4.92 Å². The molecule has 0 atom stereocenters. The van der Waals surface area contributed by atoms with Crippen LogP contribution in [0.2, 0.25) is 0 Å². The van der Waals surface area contributed by atoms with Gasteiger partial charge in [0.2, 0.25) is 5.91 Å². The van der Waals surface area contributed by atoms with Crippen LogP contribution in [-0.4, -0.2) is 30.6 Å². The Morgan fingerprint density at radius 3 is 2.95 bits per heavy atom. The molecule has 1 aliphatic rings. The fraction of sp³-hybridized carbons (Fsp3) is 0.462. The molecule has 0 unspecified atom stereocenters. The van der Waals surface area contributed by atoms with E-state index in [1.807, 2.05) is 6.92 Å². The third-order valence-corrected chi connectivity index (χ3v) is 3.08. The van der Waals surface area contributed by atoms with Crippen molar-refractivity contribution in [1.82, 2.24) is 0 Å². The van der Waals surface area contributed by atoms with Crippen molar-refractivity contribution in [3.8, 4) is 0 Å². The van der Waals surface area contributed by atoms with Gasteiger partial charge in [0.1, 0.15) is 5.69 Å². The number of aryl methyl sites for hydroxylation is 1. The van der Waals surface area contributed by atoms with Crippen molar-refractivity contribution in [2.24, 2.45) is 0 Å². The highest BCUT2D eigenvalue weighted by Crippen LogP contribution is 2.33. The maximum Gasteiger partial charge on any atom is 0.292 e. The SMILES string of the molecule is CCOCCNc1cc2c(cc1[N+](=O)[O-])CCC(=O)N2. The average Bonchev–Trinajstić information content (AvgIpc) is 2.42. The fourth-order valence-corrected chi connectivity index (χ4v) is 2.11. The van der Waals surface area contributed by atoms with Crippen molar-refractivity contribution in [2.45, 2.75) is 19.8 Å². The highest BCUT2D eigenvalue weighted by molar-refractivity contribution is 5.95. The number of carbonyl (C=O) groups is 1. The number of ether oxygens (including phenoxy) is 1. The summed E-state index contributed by atoms with van der Waals surface area (Å²) in [5.41, 5.74) is 1.87. The van der Waals surface area contributed by atoms with Crippen molar-refractivity contribution >= 4 is 23.0 Å². The van der Waals surface area contributed by atoms with Crippen LogP contribution in [0, 0.1) is 10.1 Å². The summed E-state index contributed by atoms with van der Waals surface area (Å²) in [6.07, 6.45) is 0.891. The van der Waals surface area contributed by atoms with Crippen molar-refractivity contribution in [1.29, 1.82) is 0 Å². The molecule has 7 nitrogen and oxygen atoms in total. The molecule has 7 heteroatoms. The molecule has 1 aromatic rings. The lowest BCUT2D eigenvalue weighted by atomic mass is 10.0. The number of rotatable bonds is 6. The Labute approximate surface area is 116 Å². The van der Waals surface area contributed by atoms with Gasteiger partial charge in [-0.25, -0.2) is 0 Å². The lowest BCUT2D eigenvalue weighted by molar-refractivity contribution is -0.384. The number of fused-ring (bicyclic) bond motifs is 1. The molecule has 0 saturated carbocycles. The first-order valence-corrected chi connectivity index (χ1v) is 6.54. The number of amides is 1. The smallest absolute Gasteiger partial charge is 0.292 e. The van der Waals surface area contributed by atoms with Crippen molar-refractivity contribution < 1.29 is 14.5 Å². The van der Waals surface area contributed by atoms with Crippen LogP contribution in [0.3, 0.4) is 0 Å². The summed E-state index contributed by atoms with van der Waals surface area (Å²) in [5.74, 6) is -0.0633. The number of benzene rings is 1. The second-order valence-electron chi connectivity index (χ2n) is 4.46. The predicted molar refractivity (Wildman–Crippen MR) is 75.0 cm³/mol. The second kappa shape index (κ2) is 6.33. The van der Waals surface area contributed by atoms with Crippen molar-refractivity contribution in [3.63, 3.8) is 0 Å². The van der Waals surface area contributed by atoms with Gasteiger partial charge in [0, 0.05) is 31.3 Å². The van der Waals surface area contributed by atoms with Crippen LogP contribution in [0.1, 0.15) is 18.9 Å². The average molecular weight is 279 g/mol. The minimum atomic E-state index is -0.417.